The molecule has 1 N–H and O–H groups in total. The van der Waals surface area contributed by atoms with Crippen LogP contribution in [0.15, 0.2) is 46.9 Å². The molecule has 2 aromatic carbocycles. The van der Waals surface area contributed by atoms with Crippen LogP contribution in [0.1, 0.15) is 44.1 Å². The van der Waals surface area contributed by atoms with Crippen LogP contribution in [0.3, 0.4) is 0 Å². The number of fused-ring (bicyclic) bond motifs is 1. The van der Waals surface area contributed by atoms with E-state index in [2.05, 4.69) is 16.4 Å². The Bertz CT molecular complexity index is 923. The largest absolute Gasteiger partial charge is 0.436 e. The molecule has 4 nitrogen and oxygen atoms in total. The molecule has 0 radical (unpaired) electrons. The van der Waals surface area contributed by atoms with Gasteiger partial charge in [-0.1, -0.05) is 37.0 Å². The molecule has 0 spiro atoms. The van der Waals surface area contributed by atoms with Gasteiger partial charge in [0.2, 0.25) is 11.8 Å². The Morgan fingerprint density at radius 3 is 2.81 bits per heavy atom. The number of anilines is 1. The van der Waals surface area contributed by atoms with Gasteiger partial charge in [-0.15, -0.1) is 0 Å². The molecule has 0 saturated heterocycles. The Morgan fingerprint density at radius 2 is 2.00 bits per heavy atom. The minimum atomic E-state index is 0.0923. The van der Waals surface area contributed by atoms with Gasteiger partial charge >= 0.3 is 0 Å². The number of hydrogen-bond donors (Lipinski definition) is 1. The maximum atomic E-state index is 12.3. The van der Waals surface area contributed by atoms with Gasteiger partial charge in [-0.2, -0.15) is 0 Å². The SMILES string of the molecule is Cc1cccc(-c2nc3ccc(NC(=O)CC4CCCCC4)cc3o2)c1. The molecule has 1 heterocycles. The summed E-state index contributed by atoms with van der Waals surface area (Å²) >= 11 is 0. The highest BCUT2D eigenvalue weighted by atomic mass is 16.3. The first-order valence-corrected chi connectivity index (χ1v) is 9.45. The molecule has 3 aromatic rings. The van der Waals surface area contributed by atoms with E-state index in [-0.39, 0.29) is 5.91 Å². The molecule has 1 aliphatic carbocycles. The van der Waals surface area contributed by atoms with Crippen molar-refractivity contribution in [3.63, 3.8) is 0 Å². The average molecular weight is 348 g/mol. The van der Waals surface area contributed by atoms with E-state index < -0.39 is 0 Å². The molecule has 0 aliphatic heterocycles. The lowest BCUT2D eigenvalue weighted by atomic mass is 9.87. The van der Waals surface area contributed by atoms with Crippen molar-refractivity contribution < 1.29 is 9.21 Å². The van der Waals surface area contributed by atoms with Crippen LogP contribution in [-0.4, -0.2) is 10.9 Å². The summed E-state index contributed by atoms with van der Waals surface area (Å²) in [6.07, 6.45) is 6.78. The van der Waals surface area contributed by atoms with Crippen LogP contribution in [0.25, 0.3) is 22.6 Å². The Kier molecular flexibility index (Phi) is 4.74. The predicted octanol–water partition coefficient (Wildman–Crippen LogP) is 5.71. The van der Waals surface area contributed by atoms with Gasteiger partial charge in [0.25, 0.3) is 0 Å². The predicted molar refractivity (Wildman–Crippen MR) is 104 cm³/mol. The van der Waals surface area contributed by atoms with Crippen LogP contribution in [0.5, 0.6) is 0 Å². The number of nitrogens with zero attached hydrogens (tertiary/aromatic N) is 1. The summed E-state index contributed by atoms with van der Waals surface area (Å²) in [6.45, 7) is 2.05. The fourth-order valence-corrected chi connectivity index (χ4v) is 3.77. The van der Waals surface area contributed by atoms with E-state index in [1.807, 2.05) is 43.3 Å². The van der Waals surface area contributed by atoms with Crippen molar-refractivity contribution >= 4 is 22.7 Å². The fourth-order valence-electron chi connectivity index (χ4n) is 3.77. The molecule has 0 bridgehead atoms. The van der Waals surface area contributed by atoms with E-state index >= 15 is 0 Å². The maximum Gasteiger partial charge on any atom is 0.227 e. The number of benzene rings is 2. The van der Waals surface area contributed by atoms with Crippen LogP contribution in [0.2, 0.25) is 0 Å². The number of carbonyl (C=O) groups is 1. The fraction of sp³-hybridized carbons (Fsp3) is 0.364. The zero-order valence-corrected chi connectivity index (χ0v) is 15.1. The minimum Gasteiger partial charge on any atom is -0.436 e. The average Bonchev–Trinajstić information content (AvgIpc) is 3.06. The monoisotopic (exact) mass is 348 g/mol. The first kappa shape index (κ1) is 16.8. The molecule has 1 amide bonds. The van der Waals surface area contributed by atoms with Gasteiger partial charge in [0.05, 0.1) is 0 Å². The van der Waals surface area contributed by atoms with E-state index in [0.717, 1.165) is 16.8 Å². The van der Waals surface area contributed by atoms with Gasteiger partial charge in [-0.05, 0) is 49.9 Å². The lowest BCUT2D eigenvalue weighted by Gasteiger charge is -2.20. The van der Waals surface area contributed by atoms with E-state index in [9.17, 15) is 4.79 Å². The highest BCUT2D eigenvalue weighted by Crippen LogP contribution is 2.28. The van der Waals surface area contributed by atoms with Crippen molar-refractivity contribution in [3.8, 4) is 11.5 Å². The molecular formula is C22H24N2O2. The number of hydrogen-bond acceptors (Lipinski definition) is 3. The van der Waals surface area contributed by atoms with Crippen LogP contribution in [0.4, 0.5) is 5.69 Å². The van der Waals surface area contributed by atoms with Gasteiger partial charge in [-0.25, -0.2) is 4.98 Å². The standard InChI is InChI=1S/C22H24N2O2/c1-15-6-5-9-17(12-15)22-24-19-11-10-18(14-20(19)26-22)23-21(25)13-16-7-3-2-4-8-16/h5-6,9-12,14,16H,2-4,7-8,13H2,1H3,(H,23,25). The van der Waals surface area contributed by atoms with E-state index in [0.29, 0.717) is 23.8 Å². The van der Waals surface area contributed by atoms with E-state index in [4.69, 9.17) is 4.42 Å². The van der Waals surface area contributed by atoms with Crippen LogP contribution < -0.4 is 5.32 Å². The normalized spacial score (nSPS) is 15.3. The number of amides is 1. The third kappa shape index (κ3) is 3.79. The van der Waals surface area contributed by atoms with E-state index in [1.165, 1.54) is 37.7 Å². The minimum absolute atomic E-state index is 0.0923. The van der Waals surface area contributed by atoms with Crippen molar-refractivity contribution in [2.75, 3.05) is 5.32 Å². The number of rotatable bonds is 4. The Labute approximate surface area is 153 Å². The topological polar surface area (TPSA) is 55.1 Å². The molecule has 4 heteroatoms. The molecule has 1 fully saturated rings. The van der Waals surface area contributed by atoms with Gasteiger partial charge in [0.1, 0.15) is 5.52 Å². The number of nitrogens with one attached hydrogen (secondary N) is 1. The summed E-state index contributed by atoms with van der Waals surface area (Å²) in [5.41, 5.74) is 4.39. The lowest BCUT2D eigenvalue weighted by Crippen LogP contribution is -2.18. The molecule has 0 atom stereocenters. The highest BCUT2D eigenvalue weighted by molar-refractivity contribution is 5.93. The third-order valence-corrected chi connectivity index (χ3v) is 5.14. The first-order valence-electron chi connectivity index (χ1n) is 9.45. The van der Waals surface area contributed by atoms with Gasteiger partial charge in [-0.3, -0.25) is 4.79 Å². The van der Waals surface area contributed by atoms with Gasteiger partial charge in [0.15, 0.2) is 5.58 Å². The molecule has 1 aromatic heterocycles. The van der Waals surface area contributed by atoms with Crippen molar-refractivity contribution in [2.24, 2.45) is 5.92 Å². The summed E-state index contributed by atoms with van der Waals surface area (Å²) in [5.74, 6) is 1.23. The highest BCUT2D eigenvalue weighted by Gasteiger charge is 2.17. The Morgan fingerprint density at radius 1 is 1.15 bits per heavy atom. The maximum absolute atomic E-state index is 12.3. The van der Waals surface area contributed by atoms with Crippen molar-refractivity contribution in [2.45, 2.75) is 45.4 Å². The number of oxazole rings is 1. The second-order valence-electron chi connectivity index (χ2n) is 7.33. The summed E-state index contributed by atoms with van der Waals surface area (Å²) in [4.78, 5) is 16.9. The molecule has 1 saturated carbocycles. The van der Waals surface area contributed by atoms with Gasteiger partial charge in [0, 0.05) is 23.7 Å². The van der Waals surface area contributed by atoms with Crippen LogP contribution in [0, 0.1) is 12.8 Å². The number of aryl methyl sites for hydroxylation is 1. The van der Waals surface area contributed by atoms with Crippen molar-refractivity contribution in [3.05, 3.63) is 48.0 Å². The summed E-state index contributed by atoms with van der Waals surface area (Å²) < 4.78 is 5.92. The van der Waals surface area contributed by atoms with E-state index in [1.54, 1.807) is 0 Å². The van der Waals surface area contributed by atoms with Crippen molar-refractivity contribution in [1.29, 1.82) is 0 Å². The number of carbonyl (C=O) groups excluding carboxylic acids is 1. The van der Waals surface area contributed by atoms with Crippen LogP contribution in [-0.2, 0) is 4.79 Å². The quantitative estimate of drug-likeness (QED) is 0.657. The zero-order valence-electron chi connectivity index (χ0n) is 15.1. The molecule has 4 rings (SSSR count). The number of aromatic nitrogens is 1. The second-order valence-corrected chi connectivity index (χ2v) is 7.33. The summed E-state index contributed by atoms with van der Waals surface area (Å²) in [6, 6.07) is 13.7. The lowest BCUT2D eigenvalue weighted by molar-refractivity contribution is -0.117. The molecular weight excluding hydrogens is 324 g/mol. The summed E-state index contributed by atoms with van der Waals surface area (Å²) in [7, 11) is 0. The third-order valence-electron chi connectivity index (χ3n) is 5.14. The molecule has 134 valence electrons. The van der Waals surface area contributed by atoms with Gasteiger partial charge < -0.3 is 9.73 Å². The van der Waals surface area contributed by atoms with Crippen LogP contribution >= 0.6 is 0 Å². The Balaban J connectivity index is 1.49. The second kappa shape index (κ2) is 7.32. The summed E-state index contributed by atoms with van der Waals surface area (Å²) in [5, 5.41) is 3.01. The van der Waals surface area contributed by atoms with Crippen molar-refractivity contribution in [1.82, 2.24) is 4.98 Å². The smallest absolute Gasteiger partial charge is 0.227 e. The molecule has 0 unspecified atom stereocenters. The molecule has 1 aliphatic rings. The Hall–Kier alpha value is -2.62. The zero-order chi connectivity index (χ0) is 17.9. The molecule has 26 heavy (non-hydrogen) atoms. The first-order chi connectivity index (χ1) is 12.7.